The van der Waals surface area contributed by atoms with Gasteiger partial charge in [0.25, 0.3) is 0 Å². The van der Waals surface area contributed by atoms with Gasteiger partial charge in [-0.05, 0) is 73.2 Å². The molecule has 0 fully saturated rings. The van der Waals surface area contributed by atoms with Crippen LogP contribution in [0.3, 0.4) is 0 Å². The van der Waals surface area contributed by atoms with Crippen LogP contribution in [0.2, 0.25) is 0 Å². The average molecular weight is 807 g/mol. The molecule has 1 aliphatic rings. The molecular formula is C42H37N5Pt. The summed E-state index contributed by atoms with van der Waals surface area (Å²) >= 11 is 0. The van der Waals surface area contributed by atoms with E-state index in [1.54, 1.807) is 0 Å². The maximum Gasteiger partial charge on any atom is 2.00 e. The number of hydrogen-bond donors (Lipinski definition) is 0. The summed E-state index contributed by atoms with van der Waals surface area (Å²) < 4.78 is 2.25. The number of benzene rings is 5. The largest absolute Gasteiger partial charge is 2.00 e. The van der Waals surface area contributed by atoms with E-state index in [4.69, 9.17) is 4.98 Å². The fourth-order valence-corrected chi connectivity index (χ4v) is 6.77. The molecule has 0 amide bonds. The van der Waals surface area contributed by atoms with Gasteiger partial charge in [-0.3, -0.25) is 0 Å². The molecule has 0 radical (unpaired) electrons. The van der Waals surface area contributed by atoms with Gasteiger partial charge in [-0.1, -0.05) is 85.0 Å². The molecule has 0 saturated heterocycles. The summed E-state index contributed by atoms with van der Waals surface area (Å²) in [7, 11) is 0. The summed E-state index contributed by atoms with van der Waals surface area (Å²) in [5.41, 5.74) is 9.79. The van der Waals surface area contributed by atoms with Gasteiger partial charge in [-0.15, -0.1) is 35.7 Å². The average Bonchev–Trinajstić information content (AvgIpc) is 3.66. The van der Waals surface area contributed by atoms with E-state index in [0.29, 0.717) is 12.0 Å². The number of nitrogens with zero attached hydrogens (tertiary/aromatic N) is 5. The summed E-state index contributed by atoms with van der Waals surface area (Å²) in [5.74, 6) is 1.30. The van der Waals surface area contributed by atoms with Crippen molar-refractivity contribution < 1.29 is 21.1 Å². The SMILES string of the molecule is CC(C)c1ccnc(-n2c3[c-]c(N(c4[c-]c(N5CN(C(C)C)c6ccccc65)ccc4)c4ccccc4)ccc3c3ccccc32)c1.[Pt+2]. The summed E-state index contributed by atoms with van der Waals surface area (Å²) in [5, 5.41) is 2.33. The fourth-order valence-electron chi connectivity index (χ4n) is 6.77. The van der Waals surface area contributed by atoms with E-state index in [1.807, 2.05) is 6.20 Å². The van der Waals surface area contributed by atoms with E-state index in [9.17, 15) is 0 Å². The Hall–Kier alpha value is -4.86. The first-order valence-corrected chi connectivity index (χ1v) is 16.4. The summed E-state index contributed by atoms with van der Waals surface area (Å²) in [6.07, 6.45) is 1.92. The minimum Gasteiger partial charge on any atom is -0.358 e. The predicted octanol–water partition coefficient (Wildman–Crippen LogP) is 10.7. The second-order valence-electron chi connectivity index (χ2n) is 12.8. The number of anilines is 6. The number of pyridine rings is 1. The molecule has 0 bridgehead atoms. The van der Waals surface area contributed by atoms with Crippen LogP contribution in [0.15, 0.2) is 128 Å². The second-order valence-corrected chi connectivity index (χ2v) is 12.8. The quantitative estimate of drug-likeness (QED) is 0.150. The van der Waals surface area contributed by atoms with E-state index in [1.165, 1.54) is 22.3 Å². The van der Waals surface area contributed by atoms with Crippen molar-refractivity contribution in [1.82, 2.24) is 9.55 Å². The molecule has 0 saturated carbocycles. The molecule has 3 heterocycles. The maximum absolute atomic E-state index is 4.86. The first kappa shape index (κ1) is 31.7. The zero-order valence-corrected chi connectivity index (χ0v) is 29.8. The molecule has 48 heavy (non-hydrogen) atoms. The molecule has 5 nitrogen and oxygen atoms in total. The number of hydrogen-bond acceptors (Lipinski definition) is 4. The molecule has 2 aromatic heterocycles. The van der Waals surface area contributed by atoms with Gasteiger partial charge in [-0.2, -0.15) is 12.1 Å². The zero-order valence-electron chi connectivity index (χ0n) is 27.5. The van der Waals surface area contributed by atoms with Crippen LogP contribution in [0.25, 0.3) is 27.6 Å². The third-order valence-corrected chi connectivity index (χ3v) is 9.18. The van der Waals surface area contributed by atoms with Crippen molar-refractivity contribution in [2.45, 2.75) is 39.7 Å². The smallest absolute Gasteiger partial charge is 0.358 e. The maximum atomic E-state index is 4.86. The minimum absolute atomic E-state index is 0. The topological polar surface area (TPSA) is 27.5 Å². The molecule has 1 aliphatic heterocycles. The molecule has 0 aliphatic carbocycles. The van der Waals surface area contributed by atoms with Crippen LogP contribution in [0.1, 0.15) is 39.2 Å². The molecule has 5 aromatic carbocycles. The van der Waals surface area contributed by atoms with E-state index >= 15 is 0 Å². The molecule has 6 heteroatoms. The third kappa shape index (κ3) is 5.46. The van der Waals surface area contributed by atoms with Crippen molar-refractivity contribution >= 4 is 55.9 Å². The van der Waals surface area contributed by atoms with Crippen molar-refractivity contribution in [3.05, 3.63) is 145 Å². The first-order chi connectivity index (χ1) is 23.0. The van der Waals surface area contributed by atoms with Gasteiger partial charge in [-0.25, -0.2) is 4.98 Å². The van der Waals surface area contributed by atoms with Gasteiger partial charge in [0.15, 0.2) is 0 Å². The van der Waals surface area contributed by atoms with Crippen molar-refractivity contribution in [2.24, 2.45) is 0 Å². The molecule has 7 aromatic rings. The standard InChI is InChI=1S/C42H37N5.Pt/c1-29(2)31-23-24-43-42(25-31)47-38-18-9-8-17-36(38)37-22-21-35(27-41(37)47)46(32-13-6-5-7-14-32)34-16-12-15-33(26-34)45-28-44(30(3)4)39-19-10-11-20-40(39)45;/h5-25,29-30H,28H2,1-4H3;/q-2;+2. The van der Waals surface area contributed by atoms with Gasteiger partial charge in [0.2, 0.25) is 0 Å². The normalized spacial score (nSPS) is 12.6. The van der Waals surface area contributed by atoms with Crippen molar-refractivity contribution in [3.63, 3.8) is 0 Å². The molecule has 0 spiro atoms. The van der Waals surface area contributed by atoms with Crippen LogP contribution in [-0.2, 0) is 21.1 Å². The van der Waals surface area contributed by atoms with Crippen LogP contribution < -0.4 is 14.7 Å². The number of aromatic nitrogens is 2. The molecule has 8 rings (SSSR count). The Morgan fingerprint density at radius 3 is 2.21 bits per heavy atom. The molecule has 0 N–H and O–H groups in total. The van der Waals surface area contributed by atoms with E-state index in [2.05, 4.69) is 180 Å². The molecule has 240 valence electrons. The van der Waals surface area contributed by atoms with Crippen LogP contribution in [-0.4, -0.2) is 22.3 Å². The molecule has 0 atom stereocenters. The van der Waals surface area contributed by atoms with Gasteiger partial charge in [0.1, 0.15) is 5.82 Å². The van der Waals surface area contributed by atoms with E-state index in [0.717, 1.165) is 51.7 Å². The van der Waals surface area contributed by atoms with Crippen LogP contribution in [0, 0.1) is 12.1 Å². The summed E-state index contributed by atoms with van der Waals surface area (Å²) in [6.45, 7) is 9.72. The van der Waals surface area contributed by atoms with Crippen LogP contribution in [0.4, 0.5) is 34.1 Å². The summed E-state index contributed by atoms with van der Waals surface area (Å²) in [6, 6.07) is 50.9. The van der Waals surface area contributed by atoms with Crippen LogP contribution >= 0.6 is 0 Å². The zero-order chi connectivity index (χ0) is 32.1. The van der Waals surface area contributed by atoms with E-state index in [-0.39, 0.29) is 21.1 Å². The third-order valence-electron chi connectivity index (χ3n) is 9.18. The Morgan fingerprint density at radius 1 is 0.688 bits per heavy atom. The molecule has 0 unspecified atom stereocenters. The minimum atomic E-state index is 0. The van der Waals surface area contributed by atoms with E-state index < -0.39 is 0 Å². The van der Waals surface area contributed by atoms with Crippen LogP contribution in [0.5, 0.6) is 0 Å². The first-order valence-electron chi connectivity index (χ1n) is 16.4. The Balaban J connectivity index is 0.00000364. The Bertz CT molecular complexity index is 2220. The van der Waals surface area contributed by atoms with Gasteiger partial charge >= 0.3 is 21.1 Å². The Kier molecular flexibility index (Phi) is 8.57. The molecular weight excluding hydrogens is 770 g/mol. The second kappa shape index (κ2) is 13.0. The Labute approximate surface area is 297 Å². The predicted molar refractivity (Wildman–Crippen MR) is 196 cm³/mol. The van der Waals surface area contributed by atoms with Gasteiger partial charge < -0.3 is 19.3 Å². The van der Waals surface area contributed by atoms with Crippen molar-refractivity contribution in [3.8, 4) is 5.82 Å². The number of para-hydroxylation sites is 4. The monoisotopic (exact) mass is 806 g/mol. The number of fused-ring (bicyclic) bond motifs is 4. The van der Waals surface area contributed by atoms with Gasteiger partial charge in [0.05, 0.1) is 18.0 Å². The van der Waals surface area contributed by atoms with Gasteiger partial charge in [0, 0.05) is 23.4 Å². The Morgan fingerprint density at radius 2 is 1.42 bits per heavy atom. The summed E-state index contributed by atoms with van der Waals surface area (Å²) in [4.78, 5) is 11.9. The fraction of sp³-hybridized carbons (Fsp3) is 0.167. The van der Waals surface area contributed by atoms with Crippen molar-refractivity contribution in [1.29, 1.82) is 0 Å². The van der Waals surface area contributed by atoms with Crippen molar-refractivity contribution in [2.75, 3.05) is 21.4 Å². The number of rotatable bonds is 7.